The van der Waals surface area contributed by atoms with Gasteiger partial charge in [0.15, 0.2) is 0 Å². The van der Waals surface area contributed by atoms with Crippen molar-refractivity contribution < 1.29 is 9.84 Å². The van der Waals surface area contributed by atoms with Crippen LogP contribution in [0.3, 0.4) is 0 Å². The largest absolute Gasteiger partial charge is 0.497 e. The van der Waals surface area contributed by atoms with Crippen LogP contribution in [-0.2, 0) is 18.4 Å². The minimum Gasteiger partial charge on any atom is -0.497 e. The second kappa shape index (κ2) is 6.93. The Bertz CT molecular complexity index is 907. The van der Waals surface area contributed by atoms with Crippen LogP contribution in [0.25, 0.3) is 11.1 Å². The fourth-order valence-corrected chi connectivity index (χ4v) is 3.98. The molecule has 26 heavy (non-hydrogen) atoms. The summed E-state index contributed by atoms with van der Waals surface area (Å²) in [4.78, 5) is 4.62. The average molecular weight is 345 g/mol. The molecular weight excluding hydrogens is 322 g/mol. The molecule has 0 amide bonds. The Morgan fingerprint density at radius 1 is 1.08 bits per heavy atom. The number of pyridine rings is 1. The Morgan fingerprint density at radius 3 is 2.73 bits per heavy atom. The molecule has 3 heteroatoms. The van der Waals surface area contributed by atoms with E-state index in [9.17, 15) is 5.11 Å². The molecule has 0 spiro atoms. The van der Waals surface area contributed by atoms with E-state index in [1.54, 1.807) is 7.11 Å². The van der Waals surface area contributed by atoms with Gasteiger partial charge >= 0.3 is 0 Å². The van der Waals surface area contributed by atoms with Gasteiger partial charge in [0.2, 0.25) is 0 Å². The predicted octanol–water partition coefficient (Wildman–Crippen LogP) is 4.52. The van der Waals surface area contributed by atoms with Gasteiger partial charge in [-0.25, -0.2) is 0 Å². The summed E-state index contributed by atoms with van der Waals surface area (Å²) in [5, 5.41) is 11.5. The molecule has 3 aromatic rings. The zero-order valence-electron chi connectivity index (χ0n) is 15.0. The van der Waals surface area contributed by atoms with E-state index in [0.717, 1.165) is 47.4 Å². The third-order valence-corrected chi connectivity index (χ3v) is 5.29. The standard InChI is InChI=1S/C23H23NO2/c1-26-19-11-12-21-18(15-19)9-5-13-23(21,25)16-22-20(10-6-14-24-22)17-7-3-2-4-8-17/h2-4,6-8,10-12,14-15,25H,5,9,13,16H2,1H3. The first-order valence-electron chi connectivity index (χ1n) is 9.09. The lowest BCUT2D eigenvalue weighted by molar-refractivity contribution is 0.0182. The number of rotatable bonds is 4. The molecule has 1 atom stereocenters. The van der Waals surface area contributed by atoms with Crippen molar-refractivity contribution in [3.63, 3.8) is 0 Å². The molecule has 1 N–H and O–H groups in total. The number of methoxy groups -OCH3 is 1. The van der Waals surface area contributed by atoms with Crippen LogP contribution in [0.4, 0.5) is 0 Å². The Labute approximate surface area is 154 Å². The summed E-state index contributed by atoms with van der Waals surface area (Å²) in [6.07, 6.45) is 5.00. The lowest BCUT2D eigenvalue weighted by atomic mass is 9.76. The van der Waals surface area contributed by atoms with Gasteiger partial charge in [0.05, 0.1) is 18.4 Å². The molecule has 0 bridgehead atoms. The van der Waals surface area contributed by atoms with E-state index in [-0.39, 0.29) is 0 Å². The van der Waals surface area contributed by atoms with Crippen molar-refractivity contribution >= 4 is 0 Å². The van der Waals surface area contributed by atoms with Crippen LogP contribution in [0.5, 0.6) is 5.75 Å². The summed E-state index contributed by atoms with van der Waals surface area (Å²) in [6.45, 7) is 0. The molecule has 132 valence electrons. The van der Waals surface area contributed by atoms with Crippen LogP contribution >= 0.6 is 0 Å². The van der Waals surface area contributed by atoms with Gasteiger partial charge in [0.1, 0.15) is 5.75 Å². The molecule has 1 aromatic heterocycles. The molecule has 3 nitrogen and oxygen atoms in total. The fraction of sp³-hybridized carbons (Fsp3) is 0.261. The Kier molecular flexibility index (Phi) is 4.48. The van der Waals surface area contributed by atoms with Crippen molar-refractivity contribution in [2.24, 2.45) is 0 Å². The Balaban J connectivity index is 1.73. The van der Waals surface area contributed by atoms with E-state index in [0.29, 0.717) is 6.42 Å². The van der Waals surface area contributed by atoms with Gasteiger partial charge < -0.3 is 9.84 Å². The average Bonchev–Trinajstić information content (AvgIpc) is 2.69. The third-order valence-electron chi connectivity index (χ3n) is 5.29. The van der Waals surface area contributed by atoms with Gasteiger partial charge in [0.25, 0.3) is 0 Å². The number of hydrogen-bond donors (Lipinski definition) is 1. The summed E-state index contributed by atoms with van der Waals surface area (Å²) in [5.41, 5.74) is 4.44. The zero-order chi connectivity index (χ0) is 18.0. The minimum atomic E-state index is -0.891. The van der Waals surface area contributed by atoms with Gasteiger partial charge in [-0.3, -0.25) is 4.98 Å². The molecule has 0 radical (unpaired) electrons. The zero-order valence-corrected chi connectivity index (χ0v) is 15.0. The van der Waals surface area contributed by atoms with Crippen molar-refractivity contribution in [1.82, 2.24) is 4.98 Å². The Morgan fingerprint density at radius 2 is 1.92 bits per heavy atom. The molecular formula is C23H23NO2. The van der Waals surface area contributed by atoms with E-state index >= 15 is 0 Å². The van der Waals surface area contributed by atoms with Gasteiger partial charge in [-0.1, -0.05) is 42.5 Å². The van der Waals surface area contributed by atoms with Gasteiger partial charge in [-0.15, -0.1) is 0 Å². The molecule has 1 aliphatic rings. The molecule has 0 saturated heterocycles. The van der Waals surface area contributed by atoms with Crippen LogP contribution in [0, 0.1) is 0 Å². The number of fused-ring (bicyclic) bond motifs is 1. The number of hydrogen-bond acceptors (Lipinski definition) is 3. The van der Waals surface area contributed by atoms with Gasteiger partial charge in [0, 0.05) is 18.2 Å². The lowest BCUT2D eigenvalue weighted by Crippen LogP contribution is -2.33. The fourth-order valence-electron chi connectivity index (χ4n) is 3.98. The number of aromatic nitrogens is 1. The summed E-state index contributed by atoms with van der Waals surface area (Å²) in [5.74, 6) is 0.843. The number of aliphatic hydroxyl groups is 1. The van der Waals surface area contributed by atoms with Crippen molar-refractivity contribution in [1.29, 1.82) is 0 Å². The molecule has 1 aliphatic carbocycles. The third kappa shape index (κ3) is 3.11. The van der Waals surface area contributed by atoms with Crippen molar-refractivity contribution in [3.05, 3.63) is 83.7 Å². The van der Waals surface area contributed by atoms with Crippen LogP contribution in [0.2, 0.25) is 0 Å². The molecule has 0 fully saturated rings. The maximum atomic E-state index is 11.5. The number of aryl methyl sites for hydroxylation is 1. The highest BCUT2D eigenvalue weighted by atomic mass is 16.5. The van der Waals surface area contributed by atoms with Gasteiger partial charge in [-0.2, -0.15) is 0 Å². The SMILES string of the molecule is COc1ccc2c(c1)CCCC2(O)Cc1ncccc1-c1ccccc1. The maximum absolute atomic E-state index is 11.5. The summed E-state index contributed by atoms with van der Waals surface area (Å²) in [6, 6.07) is 20.3. The van der Waals surface area contributed by atoms with E-state index in [4.69, 9.17) is 4.74 Å². The molecule has 1 unspecified atom stereocenters. The smallest absolute Gasteiger partial charge is 0.119 e. The van der Waals surface area contributed by atoms with Crippen molar-refractivity contribution in [2.45, 2.75) is 31.3 Å². The van der Waals surface area contributed by atoms with Crippen LogP contribution in [0.15, 0.2) is 66.9 Å². The second-order valence-electron chi connectivity index (χ2n) is 6.95. The van der Waals surface area contributed by atoms with E-state index in [1.165, 1.54) is 5.56 Å². The predicted molar refractivity (Wildman–Crippen MR) is 103 cm³/mol. The molecule has 1 heterocycles. The lowest BCUT2D eigenvalue weighted by Gasteiger charge is -2.35. The highest BCUT2D eigenvalue weighted by Crippen LogP contribution is 2.40. The number of benzene rings is 2. The number of nitrogens with zero attached hydrogens (tertiary/aromatic N) is 1. The summed E-state index contributed by atoms with van der Waals surface area (Å²) < 4.78 is 5.35. The van der Waals surface area contributed by atoms with Crippen molar-refractivity contribution in [3.8, 4) is 16.9 Å². The normalized spacial score (nSPS) is 19.0. The molecule has 0 saturated carbocycles. The van der Waals surface area contributed by atoms with Gasteiger partial charge in [-0.05, 0) is 54.2 Å². The van der Waals surface area contributed by atoms with Crippen LogP contribution in [0.1, 0.15) is 29.7 Å². The van der Waals surface area contributed by atoms with E-state index < -0.39 is 5.60 Å². The second-order valence-corrected chi connectivity index (χ2v) is 6.95. The Hall–Kier alpha value is -2.65. The highest BCUT2D eigenvalue weighted by molar-refractivity contribution is 5.66. The summed E-state index contributed by atoms with van der Waals surface area (Å²) >= 11 is 0. The topological polar surface area (TPSA) is 42.4 Å². The first-order valence-corrected chi connectivity index (χ1v) is 9.09. The minimum absolute atomic E-state index is 0.511. The quantitative estimate of drug-likeness (QED) is 0.756. The molecule has 2 aromatic carbocycles. The molecule has 0 aliphatic heterocycles. The van der Waals surface area contributed by atoms with Crippen LogP contribution in [-0.4, -0.2) is 17.2 Å². The monoisotopic (exact) mass is 345 g/mol. The highest BCUT2D eigenvalue weighted by Gasteiger charge is 2.35. The van der Waals surface area contributed by atoms with E-state index in [1.807, 2.05) is 42.6 Å². The first-order chi connectivity index (χ1) is 12.7. The van der Waals surface area contributed by atoms with E-state index in [2.05, 4.69) is 29.2 Å². The maximum Gasteiger partial charge on any atom is 0.119 e. The van der Waals surface area contributed by atoms with Crippen LogP contribution < -0.4 is 4.74 Å². The number of ether oxygens (including phenoxy) is 1. The summed E-state index contributed by atoms with van der Waals surface area (Å²) in [7, 11) is 1.68. The molecule has 4 rings (SSSR count). The first kappa shape index (κ1) is 16.8. The van der Waals surface area contributed by atoms with Crippen molar-refractivity contribution in [2.75, 3.05) is 7.11 Å².